The van der Waals surface area contributed by atoms with E-state index in [-0.39, 0.29) is 6.04 Å². The highest BCUT2D eigenvalue weighted by molar-refractivity contribution is 6.42. The van der Waals surface area contributed by atoms with Gasteiger partial charge in [-0.25, -0.2) is 4.98 Å². The molecule has 106 valence electrons. The van der Waals surface area contributed by atoms with E-state index in [0.29, 0.717) is 21.8 Å². The molecule has 2 aromatic rings. The van der Waals surface area contributed by atoms with Crippen LogP contribution in [-0.4, -0.2) is 16.0 Å². The van der Waals surface area contributed by atoms with E-state index in [1.807, 2.05) is 32.9 Å². The number of anilines is 3. The summed E-state index contributed by atoms with van der Waals surface area (Å²) in [5.74, 6) is 1.31. The standard InChI is InChI=1S/C14H16Cl2N4/c1-8(2)17-14-18-9(3)6-13(20-14)19-10-4-5-11(15)12(16)7-10/h4-8H,1-3H3,(H2,17,18,19,20). The van der Waals surface area contributed by atoms with Crippen molar-refractivity contribution < 1.29 is 0 Å². The predicted molar refractivity (Wildman–Crippen MR) is 85.3 cm³/mol. The maximum Gasteiger partial charge on any atom is 0.225 e. The number of nitrogens with one attached hydrogen (secondary N) is 2. The van der Waals surface area contributed by atoms with Crippen molar-refractivity contribution in [3.63, 3.8) is 0 Å². The quantitative estimate of drug-likeness (QED) is 0.862. The highest BCUT2D eigenvalue weighted by atomic mass is 35.5. The molecule has 2 N–H and O–H groups in total. The Hall–Kier alpha value is -1.52. The highest BCUT2D eigenvalue weighted by Gasteiger charge is 2.05. The van der Waals surface area contributed by atoms with Crippen molar-refractivity contribution in [3.05, 3.63) is 40.0 Å². The van der Waals surface area contributed by atoms with Crippen LogP contribution >= 0.6 is 23.2 Å². The first-order chi connectivity index (χ1) is 9.44. The van der Waals surface area contributed by atoms with Crippen LogP contribution in [0.5, 0.6) is 0 Å². The number of benzene rings is 1. The fourth-order valence-electron chi connectivity index (χ4n) is 1.68. The van der Waals surface area contributed by atoms with Gasteiger partial charge in [0.1, 0.15) is 5.82 Å². The lowest BCUT2D eigenvalue weighted by molar-refractivity contribution is 0.871. The second kappa shape index (κ2) is 6.29. The number of aryl methyl sites for hydroxylation is 1. The number of halogens is 2. The van der Waals surface area contributed by atoms with Crippen LogP contribution in [0.1, 0.15) is 19.5 Å². The van der Waals surface area contributed by atoms with Crippen LogP contribution in [0, 0.1) is 6.92 Å². The summed E-state index contributed by atoms with van der Waals surface area (Å²) < 4.78 is 0. The van der Waals surface area contributed by atoms with Crippen LogP contribution in [0.3, 0.4) is 0 Å². The maximum atomic E-state index is 5.99. The van der Waals surface area contributed by atoms with Gasteiger partial charge in [0.05, 0.1) is 10.0 Å². The Kier molecular flexibility index (Phi) is 4.68. The van der Waals surface area contributed by atoms with Gasteiger partial charge in [0, 0.05) is 23.5 Å². The van der Waals surface area contributed by atoms with E-state index in [2.05, 4.69) is 20.6 Å². The Morgan fingerprint density at radius 1 is 1.05 bits per heavy atom. The van der Waals surface area contributed by atoms with Gasteiger partial charge in [0.25, 0.3) is 0 Å². The van der Waals surface area contributed by atoms with Crippen LogP contribution < -0.4 is 10.6 Å². The predicted octanol–water partition coefficient (Wildman–Crippen LogP) is 4.66. The lowest BCUT2D eigenvalue weighted by Crippen LogP contribution is -2.13. The minimum atomic E-state index is 0.273. The van der Waals surface area contributed by atoms with Crippen molar-refractivity contribution in [3.8, 4) is 0 Å². The second-order valence-corrected chi connectivity index (χ2v) is 5.59. The molecule has 1 aromatic heterocycles. The van der Waals surface area contributed by atoms with Gasteiger partial charge in [-0.15, -0.1) is 0 Å². The Morgan fingerprint density at radius 3 is 2.45 bits per heavy atom. The average Bonchev–Trinajstić information content (AvgIpc) is 2.32. The normalized spacial score (nSPS) is 10.7. The summed E-state index contributed by atoms with van der Waals surface area (Å²) in [6, 6.07) is 7.49. The van der Waals surface area contributed by atoms with Crippen LogP contribution in [0.4, 0.5) is 17.5 Å². The summed E-state index contributed by atoms with van der Waals surface area (Å²) in [7, 11) is 0. The number of rotatable bonds is 4. The van der Waals surface area contributed by atoms with E-state index in [1.165, 1.54) is 0 Å². The number of hydrogen-bond acceptors (Lipinski definition) is 4. The lowest BCUT2D eigenvalue weighted by atomic mass is 10.3. The first kappa shape index (κ1) is 14.9. The molecule has 0 bridgehead atoms. The molecule has 20 heavy (non-hydrogen) atoms. The fourth-order valence-corrected chi connectivity index (χ4v) is 1.98. The van der Waals surface area contributed by atoms with E-state index in [4.69, 9.17) is 23.2 Å². The molecule has 4 nitrogen and oxygen atoms in total. The van der Waals surface area contributed by atoms with Gasteiger partial charge in [0.2, 0.25) is 5.95 Å². The van der Waals surface area contributed by atoms with Crippen molar-refractivity contribution in [2.24, 2.45) is 0 Å². The zero-order valence-electron chi connectivity index (χ0n) is 11.5. The molecule has 0 aliphatic rings. The molecular formula is C14H16Cl2N4. The Bertz CT molecular complexity index is 614. The first-order valence-corrected chi connectivity index (χ1v) is 7.04. The monoisotopic (exact) mass is 310 g/mol. The Balaban J connectivity index is 2.24. The van der Waals surface area contributed by atoms with Gasteiger partial charge in [-0.3, -0.25) is 0 Å². The van der Waals surface area contributed by atoms with Crippen LogP contribution in [0.25, 0.3) is 0 Å². The molecule has 2 rings (SSSR count). The maximum absolute atomic E-state index is 5.99. The summed E-state index contributed by atoms with van der Waals surface area (Å²) in [4.78, 5) is 8.75. The van der Waals surface area contributed by atoms with Crippen molar-refractivity contribution in [1.82, 2.24) is 9.97 Å². The van der Waals surface area contributed by atoms with Crippen molar-refractivity contribution >= 4 is 40.7 Å². The summed E-state index contributed by atoms with van der Waals surface area (Å²) in [5, 5.41) is 7.40. The molecule has 0 aliphatic carbocycles. The van der Waals surface area contributed by atoms with Gasteiger partial charge in [-0.2, -0.15) is 4.98 Å². The topological polar surface area (TPSA) is 49.8 Å². The van der Waals surface area contributed by atoms with Crippen LogP contribution in [0.15, 0.2) is 24.3 Å². The Morgan fingerprint density at radius 2 is 1.80 bits per heavy atom. The highest BCUT2D eigenvalue weighted by Crippen LogP contribution is 2.26. The zero-order valence-corrected chi connectivity index (χ0v) is 13.0. The second-order valence-electron chi connectivity index (χ2n) is 4.77. The van der Waals surface area contributed by atoms with Gasteiger partial charge >= 0.3 is 0 Å². The molecule has 0 saturated heterocycles. The molecule has 0 amide bonds. The fraction of sp³-hybridized carbons (Fsp3) is 0.286. The van der Waals surface area contributed by atoms with Crippen LogP contribution in [-0.2, 0) is 0 Å². The summed E-state index contributed by atoms with van der Waals surface area (Å²) in [6.07, 6.45) is 0. The largest absolute Gasteiger partial charge is 0.352 e. The molecule has 1 heterocycles. The molecule has 0 unspecified atom stereocenters. The van der Waals surface area contributed by atoms with Gasteiger partial charge < -0.3 is 10.6 Å². The van der Waals surface area contributed by atoms with E-state index in [1.54, 1.807) is 12.1 Å². The molecule has 1 aromatic carbocycles. The molecule has 0 atom stereocenters. The van der Waals surface area contributed by atoms with Gasteiger partial charge in [-0.05, 0) is 39.0 Å². The Labute approximate surface area is 128 Å². The minimum absolute atomic E-state index is 0.273. The first-order valence-electron chi connectivity index (χ1n) is 6.28. The van der Waals surface area contributed by atoms with Crippen molar-refractivity contribution in [2.45, 2.75) is 26.8 Å². The molecule has 0 saturated carbocycles. The number of nitrogens with zero attached hydrogens (tertiary/aromatic N) is 2. The van der Waals surface area contributed by atoms with Crippen molar-refractivity contribution in [1.29, 1.82) is 0 Å². The summed E-state index contributed by atoms with van der Waals surface area (Å²) in [6.45, 7) is 6.00. The van der Waals surface area contributed by atoms with Crippen LogP contribution in [0.2, 0.25) is 10.0 Å². The van der Waals surface area contributed by atoms with E-state index >= 15 is 0 Å². The number of aromatic nitrogens is 2. The van der Waals surface area contributed by atoms with E-state index < -0.39 is 0 Å². The third kappa shape index (κ3) is 3.99. The average molecular weight is 311 g/mol. The third-order valence-electron chi connectivity index (χ3n) is 2.46. The zero-order chi connectivity index (χ0) is 14.7. The SMILES string of the molecule is Cc1cc(Nc2ccc(Cl)c(Cl)c2)nc(NC(C)C)n1. The smallest absolute Gasteiger partial charge is 0.225 e. The molecule has 0 spiro atoms. The van der Waals surface area contributed by atoms with Crippen molar-refractivity contribution in [2.75, 3.05) is 10.6 Å². The minimum Gasteiger partial charge on any atom is -0.352 e. The molecule has 0 fully saturated rings. The summed E-state index contributed by atoms with van der Waals surface area (Å²) >= 11 is 11.9. The van der Waals surface area contributed by atoms with E-state index in [0.717, 1.165) is 11.4 Å². The molecule has 0 radical (unpaired) electrons. The summed E-state index contributed by atoms with van der Waals surface area (Å²) in [5.41, 5.74) is 1.71. The lowest BCUT2D eigenvalue weighted by Gasteiger charge is -2.12. The third-order valence-corrected chi connectivity index (χ3v) is 3.20. The molecule has 6 heteroatoms. The molecule has 0 aliphatic heterocycles. The van der Waals surface area contributed by atoms with Gasteiger partial charge in [-0.1, -0.05) is 23.2 Å². The molecular weight excluding hydrogens is 295 g/mol. The van der Waals surface area contributed by atoms with Gasteiger partial charge in [0.15, 0.2) is 0 Å². The van der Waals surface area contributed by atoms with E-state index in [9.17, 15) is 0 Å². The number of hydrogen-bond donors (Lipinski definition) is 2.